The van der Waals surface area contributed by atoms with E-state index in [0.717, 1.165) is 0 Å². The van der Waals surface area contributed by atoms with Crippen molar-refractivity contribution in [2.75, 3.05) is 0 Å². The van der Waals surface area contributed by atoms with Crippen LogP contribution in [0.15, 0.2) is 24.3 Å². The van der Waals surface area contributed by atoms with Crippen molar-refractivity contribution in [3.05, 3.63) is 46.5 Å². The van der Waals surface area contributed by atoms with Gasteiger partial charge in [0.15, 0.2) is 0 Å². The second-order valence-corrected chi connectivity index (χ2v) is 15.8. The van der Waals surface area contributed by atoms with Gasteiger partial charge in [-0.15, -0.1) is 0 Å². The Hall–Kier alpha value is -1.17. The number of aromatic hydroxyl groups is 2. The van der Waals surface area contributed by atoms with Crippen LogP contribution in [0, 0.1) is 0 Å². The molecule has 3 heteroatoms. The van der Waals surface area contributed by atoms with Gasteiger partial charge in [0, 0.05) is 0 Å². The number of hydrogen-bond acceptors (Lipinski definition) is 2. The van der Waals surface area contributed by atoms with Crippen LogP contribution < -0.4 is 7.22 Å². The first-order valence-corrected chi connectivity index (χ1v) is 13.5. The normalized spacial score (nSPS) is 13.5. The van der Waals surface area contributed by atoms with Gasteiger partial charge in [-0.3, -0.25) is 0 Å². The zero-order chi connectivity index (χ0) is 24.2. The van der Waals surface area contributed by atoms with E-state index in [2.05, 4.69) is 83.1 Å². The van der Waals surface area contributed by atoms with E-state index in [1.807, 2.05) is 24.3 Å². The van der Waals surface area contributed by atoms with E-state index in [4.69, 9.17) is 0 Å². The topological polar surface area (TPSA) is 40.5 Å². The van der Waals surface area contributed by atoms with Crippen molar-refractivity contribution in [3.8, 4) is 11.5 Å². The molecule has 0 bridgehead atoms. The van der Waals surface area contributed by atoms with E-state index in [9.17, 15) is 10.2 Å². The maximum absolute atomic E-state index is 10.6. The maximum atomic E-state index is 10.6. The van der Waals surface area contributed by atoms with Crippen LogP contribution in [0.4, 0.5) is 0 Å². The van der Waals surface area contributed by atoms with Crippen molar-refractivity contribution in [1.82, 2.24) is 0 Å². The molecule has 0 unspecified atom stereocenters. The van der Waals surface area contributed by atoms with E-state index < -0.39 is 20.9 Å². The van der Waals surface area contributed by atoms with E-state index in [1.54, 1.807) is 0 Å². The molecule has 0 heterocycles. The van der Waals surface area contributed by atoms with Crippen LogP contribution in [0.1, 0.15) is 105 Å². The third-order valence-electron chi connectivity index (χ3n) is 5.58. The molecule has 2 aromatic carbocycles. The van der Waals surface area contributed by atoms with Gasteiger partial charge in [0.1, 0.15) is 0 Å². The molecule has 31 heavy (non-hydrogen) atoms. The van der Waals surface area contributed by atoms with Crippen molar-refractivity contribution >= 4 is 28.1 Å². The van der Waals surface area contributed by atoms with Crippen molar-refractivity contribution in [2.45, 2.75) is 105 Å². The van der Waals surface area contributed by atoms with Crippen LogP contribution in [0.2, 0.25) is 0 Å². The van der Waals surface area contributed by atoms with Crippen LogP contribution >= 0.6 is 0 Å². The van der Waals surface area contributed by atoms with Gasteiger partial charge < -0.3 is 0 Å². The molecule has 2 rings (SSSR count). The summed E-state index contributed by atoms with van der Waals surface area (Å²) in [5.41, 5.74) is 4.69. The Labute approximate surface area is 200 Å². The Kier molecular flexibility index (Phi) is 6.99. The zero-order valence-corrected chi connectivity index (χ0v) is 23.9. The molecule has 0 fully saturated rings. The summed E-state index contributed by atoms with van der Waals surface area (Å²) in [4.78, 5) is 0. The summed E-state index contributed by atoms with van der Waals surface area (Å²) < 4.78 is 2.84. The summed E-state index contributed by atoms with van der Waals surface area (Å²) in [6, 6.07) is 7.90. The quantitative estimate of drug-likeness (QED) is 0.465. The van der Waals surface area contributed by atoms with Crippen molar-refractivity contribution in [1.29, 1.82) is 0 Å². The molecule has 0 amide bonds. The molecule has 0 spiro atoms. The molecule has 0 aliphatic heterocycles. The molecule has 2 N–H and O–H groups in total. The first-order chi connectivity index (χ1) is 13.7. The Bertz CT molecular complexity index is 809. The van der Waals surface area contributed by atoms with Crippen molar-refractivity contribution < 1.29 is 10.2 Å². The third-order valence-corrected chi connectivity index (χ3v) is 9.26. The molecule has 0 aliphatic carbocycles. The van der Waals surface area contributed by atoms with Crippen LogP contribution in [0.25, 0.3) is 0 Å². The first kappa shape index (κ1) is 26.1. The fraction of sp³-hybridized carbons (Fsp3) is 0.571. The summed E-state index contributed by atoms with van der Waals surface area (Å²) >= 11 is -0.814. The van der Waals surface area contributed by atoms with Crippen molar-refractivity contribution in [2.24, 2.45) is 0 Å². The number of hydrogen-bond donors (Lipinski definition) is 2. The average molecular weight is 538 g/mol. The fourth-order valence-corrected chi connectivity index (χ4v) is 9.78. The number of rotatable bonds is 2. The summed E-state index contributed by atoms with van der Waals surface area (Å²) in [5.74, 6) is 0.702. The van der Waals surface area contributed by atoms with Crippen molar-refractivity contribution in [3.63, 3.8) is 0 Å². The molecule has 0 aromatic heterocycles. The summed E-state index contributed by atoms with van der Waals surface area (Å²) in [7, 11) is 0. The van der Waals surface area contributed by atoms with Gasteiger partial charge in [-0.25, -0.2) is 0 Å². The summed E-state index contributed by atoms with van der Waals surface area (Å²) in [6.45, 7) is 26.8. The standard InChI is InChI=1S/C28H42O2Te/c1-25(2,3)19-13-17(29)14-20(26(4,5)6)23(19)31-24-21(27(7,8)9)15-18(30)16-22(24)28(10,11)12/h13-16,29-30H,1-12H3. The fourth-order valence-electron chi connectivity index (χ4n) is 3.78. The minimum absolute atomic E-state index is 0.0699. The Balaban J connectivity index is 2.98. The van der Waals surface area contributed by atoms with E-state index in [0.29, 0.717) is 11.5 Å². The summed E-state index contributed by atoms with van der Waals surface area (Å²) in [5, 5.41) is 21.2. The number of benzene rings is 2. The van der Waals surface area contributed by atoms with Crippen LogP contribution in [0.5, 0.6) is 11.5 Å². The van der Waals surface area contributed by atoms with E-state index in [1.165, 1.54) is 29.5 Å². The monoisotopic (exact) mass is 540 g/mol. The number of phenols is 2. The number of phenolic OH excluding ortho intramolecular Hbond substituents is 2. The van der Waals surface area contributed by atoms with Gasteiger partial charge in [0.05, 0.1) is 0 Å². The van der Waals surface area contributed by atoms with Gasteiger partial charge in [0.2, 0.25) is 0 Å². The molecule has 0 radical (unpaired) electrons. The zero-order valence-electron chi connectivity index (χ0n) is 21.6. The van der Waals surface area contributed by atoms with Gasteiger partial charge >= 0.3 is 201 Å². The molecule has 2 aromatic rings. The molecule has 0 aliphatic rings. The molecule has 0 saturated carbocycles. The summed E-state index contributed by atoms with van der Waals surface area (Å²) in [6.07, 6.45) is 0. The molecular weight excluding hydrogens is 496 g/mol. The van der Waals surface area contributed by atoms with Gasteiger partial charge in [-0.2, -0.15) is 0 Å². The second kappa shape index (κ2) is 8.31. The molecular formula is C28H42O2Te. The molecule has 0 saturated heterocycles. The Morgan fingerprint density at radius 1 is 0.452 bits per heavy atom. The molecule has 172 valence electrons. The van der Waals surface area contributed by atoms with E-state index >= 15 is 0 Å². The van der Waals surface area contributed by atoms with Crippen LogP contribution in [0.3, 0.4) is 0 Å². The molecule has 2 nitrogen and oxygen atoms in total. The van der Waals surface area contributed by atoms with Crippen LogP contribution in [-0.4, -0.2) is 31.1 Å². The second-order valence-electron chi connectivity index (χ2n) is 12.8. The van der Waals surface area contributed by atoms with E-state index in [-0.39, 0.29) is 21.7 Å². The molecule has 0 atom stereocenters. The third kappa shape index (κ3) is 6.00. The van der Waals surface area contributed by atoms with Gasteiger partial charge in [-0.05, 0) is 0 Å². The van der Waals surface area contributed by atoms with Crippen LogP contribution in [-0.2, 0) is 21.7 Å². The van der Waals surface area contributed by atoms with Gasteiger partial charge in [0.25, 0.3) is 0 Å². The Morgan fingerprint density at radius 2 is 0.645 bits per heavy atom. The Morgan fingerprint density at radius 3 is 0.806 bits per heavy atom. The minimum atomic E-state index is -0.814. The predicted molar refractivity (Wildman–Crippen MR) is 136 cm³/mol. The predicted octanol–water partition coefficient (Wildman–Crippen LogP) is 5.94. The SMILES string of the molecule is CC(C)(C)c1cc(O)cc(C(C)(C)C)c1[Te]c1c(C(C)(C)C)cc(O)cc1C(C)(C)C. The van der Waals surface area contributed by atoms with Gasteiger partial charge in [-0.1, -0.05) is 0 Å². The average Bonchev–Trinajstić information content (AvgIpc) is 2.53. The first-order valence-electron chi connectivity index (χ1n) is 11.2.